The molecule has 0 bridgehead atoms. The van der Waals surface area contributed by atoms with E-state index in [2.05, 4.69) is 20.4 Å². The fraction of sp³-hybridized carbons (Fsp3) is 0.517. The van der Waals surface area contributed by atoms with Crippen LogP contribution in [0.15, 0.2) is 36.7 Å². The van der Waals surface area contributed by atoms with Gasteiger partial charge in [-0.1, -0.05) is 6.42 Å². The zero-order chi connectivity index (χ0) is 29.6. The third-order valence-corrected chi connectivity index (χ3v) is 8.51. The van der Waals surface area contributed by atoms with Gasteiger partial charge in [0.15, 0.2) is 11.6 Å². The second-order valence-corrected chi connectivity index (χ2v) is 11.4. The molecule has 1 N–H and O–H groups in total. The number of alkyl halides is 3. The summed E-state index contributed by atoms with van der Waals surface area (Å²) in [7, 11) is 0. The molecule has 3 aromatic rings. The topological polar surface area (TPSA) is 119 Å². The SMILES string of the molecule is CC(=O)c1nn(CC(=O)N2[C@@H]3C[C@@H]3C[C@H]2C(=O)N[C@@H]2CCC[C@H](C(F)(F)F)C2)c2ccc(OCc3ncccn3)cc12. The molecular weight excluding hydrogens is 553 g/mol. The molecule has 2 aliphatic carbocycles. The highest BCUT2D eigenvalue weighted by molar-refractivity contribution is 6.05. The first kappa shape index (κ1) is 28.1. The maximum atomic E-state index is 13.6. The number of ether oxygens (including phenoxy) is 1. The number of nitrogens with zero attached hydrogens (tertiary/aromatic N) is 5. The normalized spacial score (nSPS) is 25.2. The minimum atomic E-state index is -4.28. The third-order valence-electron chi connectivity index (χ3n) is 8.51. The van der Waals surface area contributed by atoms with E-state index >= 15 is 0 Å². The van der Waals surface area contributed by atoms with Crippen LogP contribution >= 0.6 is 0 Å². The average Bonchev–Trinajstić information content (AvgIpc) is 3.47. The lowest BCUT2D eigenvalue weighted by Crippen LogP contribution is -2.52. The van der Waals surface area contributed by atoms with E-state index in [1.54, 1.807) is 41.6 Å². The molecule has 222 valence electrons. The van der Waals surface area contributed by atoms with Crippen LogP contribution in [0.3, 0.4) is 0 Å². The second-order valence-electron chi connectivity index (χ2n) is 11.4. The van der Waals surface area contributed by atoms with Gasteiger partial charge in [0.2, 0.25) is 11.8 Å². The number of carbonyl (C=O) groups is 3. The first-order valence-corrected chi connectivity index (χ1v) is 14.2. The van der Waals surface area contributed by atoms with Crippen LogP contribution in [0.4, 0.5) is 13.2 Å². The Morgan fingerprint density at radius 2 is 1.88 bits per heavy atom. The average molecular weight is 585 g/mol. The highest BCUT2D eigenvalue weighted by atomic mass is 19.4. The van der Waals surface area contributed by atoms with E-state index < -0.39 is 30.1 Å². The number of likely N-dealkylation sites (tertiary alicyclic amines) is 1. The van der Waals surface area contributed by atoms with Gasteiger partial charge in [0.25, 0.3) is 0 Å². The fourth-order valence-electron chi connectivity index (χ4n) is 6.36. The molecule has 6 rings (SSSR count). The third kappa shape index (κ3) is 5.68. The minimum Gasteiger partial charge on any atom is -0.486 e. The van der Waals surface area contributed by atoms with Crippen molar-refractivity contribution in [1.82, 2.24) is 30.0 Å². The van der Waals surface area contributed by atoms with Gasteiger partial charge in [0.1, 0.15) is 30.6 Å². The Hall–Kier alpha value is -4.03. The van der Waals surface area contributed by atoms with Gasteiger partial charge in [-0.2, -0.15) is 18.3 Å². The molecule has 1 saturated heterocycles. The van der Waals surface area contributed by atoms with Gasteiger partial charge in [0, 0.05) is 36.8 Å². The summed E-state index contributed by atoms with van der Waals surface area (Å²) in [6.45, 7) is 1.34. The van der Waals surface area contributed by atoms with Crippen LogP contribution in [0.25, 0.3) is 10.9 Å². The molecule has 2 saturated carbocycles. The highest BCUT2D eigenvalue weighted by Gasteiger charge is 2.56. The Morgan fingerprint density at radius 3 is 2.62 bits per heavy atom. The maximum Gasteiger partial charge on any atom is 0.391 e. The molecule has 0 radical (unpaired) electrons. The Balaban J connectivity index is 1.16. The number of hydrogen-bond donors (Lipinski definition) is 1. The van der Waals surface area contributed by atoms with Crippen LogP contribution in [0.1, 0.15) is 61.8 Å². The quantitative estimate of drug-likeness (QED) is 0.400. The number of piperidine rings is 1. The van der Waals surface area contributed by atoms with Gasteiger partial charge in [-0.15, -0.1) is 0 Å². The molecule has 2 aromatic heterocycles. The second kappa shape index (κ2) is 11.0. The lowest BCUT2D eigenvalue weighted by Gasteiger charge is -2.33. The Kier molecular flexibility index (Phi) is 7.36. The van der Waals surface area contributed by atoms with E-state index in [1.807, 2.05) is 0 Å². The predicted octanol–water partition coefficient (Wildman–Crippen LogP) is 3.83. The molecule has 1 aliphatic heterocycles. The van der Waals surface area contributed by atoms with Crippen molar-refractivity contribution in [2.24, 2.45) is 11.8 Å². The number of rotatable bonds is 8. The predicted molar refractivity (Wildman–Crippen MR) is 143 cm³/mol. The van der Waals surface area contributed by atoms with Crippen molar-refractivity contribution in [2.75, 3.05) is 0 Å². The molecule has 13 heteroatoms. The molecule has 0 spiro atoms. The van der Waals surface area contributed by atoms with Crippen molar-refractivity contribution in [3.8, 4) is 5.75 Å². The largest absolute Gasteiger partial charge is 0.486 e. The number of carbonyl (C=O) groups excluding carboxylic acids is 3. The van der Waals surface area contributed by atoms with Crippen LogP contribution in [0.5, 0.6) is 5.75 Å². The fourth-order valence-corrected chi connectivity index (χ4v) is 6.36. The summed E-state index contributed by atoms with van der Waals surface area (Å²) in [4.78, 5) is 49.1. The number of amides is 2. The number of nitrogens with one attached hydrogen (secondary N) is 1. The van der Waals surface area contributed by atoms with Crippen LogP contribution in [-0.2, 0) is 22.7 Å². The van der Waals surface area contributed by atoms with E-state index in [4.69, 9.17) is 4.74 Å². The number of halogens is 3. The van der Waals surface area contributed by atoms with Crippen LogP contribution < -0.4 is 10.1 Å². The molecule has 3 heterocycles. The van der Waals surface area contributed by atoms with E-state index in [-0.39, 0.29) is 55.3 Å². The standard InChI is InChI=1S/C29H31F3N6O4/c1-16(39)27-21-13-20(42-15-25-33-8-3-9-34-25)6-7-22(21)37(36-27)14-26(40)38-23-10-17(23)11-24(38)28(41)35-19-5-2-4-18(12-19)29(30,31)32/h3,6-9,13,17-19,23-24H,2,4-5,10-12,14-15H2,1H3,(H,35,41)/t17-,18+,19-,23-,24+/m1/s1. The molecule has 3 fully saturated rings. The zero-order valence-corrected chi connectivity index (χ0v) is 23.0. The molecular formula is C29H31F3N6O4. The van der Waals surface area contributed by atoms with Gasteiger partial charge in [-0.05, 0) is 62.3 Å². The molecule has 3 aliphatic rings. The molecule has 0 unspecified atom stereocenters. The highest BCUT2D eigenvalue weighted by Crippen LogP contribution is 2.48. The number of aromatic nitrogens is 4. The van der Waals surface area contributed by atoms with Crippen LogP contribution in [0, 0.1) is 11.8 Å². The van der Waals surface area contributed by atoms with Gasteiger partial charge in [-0.25, -0.2) is 9.97 Å². The van der Waals surface area contributed by atoms with Crippen LogP contribution in [0.2, 0.25) is 0 Å². The van der Waals surface area contributed by atoms with E-state index in [1.165, 1.54) is 11.6 Å². The first-order chi connectivity index (χ1) is 20.1. The summed E-state index contributed by atoms with van der Waals surface area (Å²) in [6, 6.07) is 5.44. The Bertz CT molecular complexity index is 1510. The van der Waals surface area contributed by atoms with Gasteiger partial charge >= 0.3 is 6.18 Å². The van der Waals surface area contributed by atoms with E-state index in [0.29, 0.717) is 41.7 Å². The summed E-state index contributed by atoms with van der Waals surface area (Å²) >= 11 is 0. The van der Waals surface area contributed by atoms with Crippen molar-refractivity contribution in [3.05, 3.63) is 48.2 Å². The number of fused-ring (bicyclic) bond motifs is 2. The summed E-state index contributed by atoms with van der Waals surface area (Å²) in [5.41, 5.74) is 0.751. The van der Waals surface area contributed by atoms with E-state index in [9.17, 15) is 27.6 Å². The van der Waals surface area contributed by atoms with Gasteiger partial charge < -0.3 is 15.0 Å². The molecule has 10 nitrogen and oxygen atoms in total. The Morgan fingerprint density at radius 1 is 1.10 bits per heavy atom. The summed E-state index contributed by atoms with van der Waals surface area (Å²) < 4.78 is 47.1. The zero-order valence-electron chi connectivity index (χ0n) is 23.0. The first-order valence-electron chi connectivity index (χ1n) is 14.2. The number of hydrogen-bond acceptors (Lipinski definition) is 7. The summed E-state index contributed by atoms with van der Waals surface area (Å²) in [5.74, 6) is -1.24. The van der Waals surface area contributed by atoms with Crippen molar-refractivity contribution in [3.63, 3.8) is 0 Å². The lowest BCUT2D eigenvalue weighted by atomic mass is 9.85. The smallest absolute Gasteiger partial charge is 0.391 e. The number of benzene rings is 1. The lowest BCUT2D eigenvalue weighted by molar-refractivity contribution is -0.184. The van der Waals surface area contributed by atoms with Crippen molar-refractivity contribution in [1.29, 1.82) is 0 Å². The summed E-state index contributed by atoms with van der Waals surface area (Å²) in [5, 5.41) is 7.76. The van der Waals surface area contributed by atoms with E-state index in [0.717, 1.165) is 6.42 Å². The monoisotopic (exact) mass is 584 g/mol. The van der Waals surface area contributed by atoms with Crippen molar-refractivity contribution < 1.29 is 32.3 Å². The number of ketones is 1. The molecule has 42 heavy (non-hydrogen) atoms. The maximum absolute atomic E-state index is 13.6. The van der Waals surface area contributed by atoms with Gasteiger partial charge in [-0.3, -0.25) is 19.1 Å². The summed E-state index contributed by atoms with van der Waals surface area (Å²) in [6.07, 6.45) is 1.04. The van der Waals surface area contributed by atoms with Crippen molar-refractivity contribution >= 4 is 28.5 Å². The van der Waals surface area contributed by atoms with Crippen LogP contribution in [-0.4, -0.2) is 66.5 Å². The van der Waals surface area contributed by atoms with Gasteiger partial charge in [0.05, 0.1) is 11.4 Å². The molecule has 5 atom stereocenters. The Labute approximate surface area is 239 Å². The minimum absolute atomic E-state index is 0.0724. The molecule has 1 aromatic carbocycles. The molecule has 2 amide bonds. The van der Waals surface area contributed by atoms with Crippen molar-refractivity contribution in [2.45, 2.75) is 82.9 Å². The number of Topliss-reactive ketones (excluding diaryl/α,β-unsaturated/α-hetero) is 1.